The number of hydrogen-bond donors (Lipinski definition) is 0. The summed E-state index contributed by atoms with van der Waals surface area (Å²) in [6.45, 7) is 3.54. The topological polar surface area (TPSA) is 58.9 Å². The van der Waals surface area contributed by atoms with Crippen molar-refractivity contribution in [3.8, 4) is 0 Å². The van der Waals surface area contributed by atoms with Gasteiger partial charge < -0.3 is 0 Å². The van der Waals surface area contributed by atoms with Crippen LogP contribution in [-0.2, 0) is 9.59 Å². The van der Waals surface area contributed by atoms with E-state index in [2.05, 4.69) is 10.2 Å². The smallest absolute Gasteiger partial charge is 0.152 e. The average Bonchev–Trinajstić information content (AvgIpc) is 2.59. The molecule has 0 saturated heterocycles. The Kier molecular flexibility index (Phi) is 5.15. The van der Waals surface area contributed by atoms with Crippen LogP contribution in [0.3, 0.4) is 0 Å². The van der Waals surface area contributed by atoms with E-state index >= 15 is 0 Å². The molecule has 114 valence electrons. The number of nitrogens with zero attached hydrogens (tertiary/aromatic N) is 2. The molecule has 0 fully saturated rings. The zero-order valence-electron chi connectivity index (χ0n) is 12.9. The van der Waals surface area contributed by atoms with E-state index in [1.54, 1.807) is 38.2 Å². The van der Waals surface area contributed by atoms with Crippen molar-refractivity contribution in [2.75, 3.05) is 0 Å². The second-order valence-corrected chi connectivity index (χ2v) is 5.16. The van der Waals surface area contributed by atoms with Gasteiger partial charge in [0.1, 0.15) is 11.5 Å². The minimum atomic E-state index is -1.21. The van der Waals surface area contributed by atoms with Crippen molar-refractivity contribution < 1.29 is 9.59 Å². The highest BCUT2D eigenvalue weighted by Crippen LogP contribution is 2.36. The van der Waals surface area contributed by atoms with Crippen molar-refractivity contribution in [3.05, 3.63) is 54.6 Å². The molecule has 1 unspecified atom stereocenters. The lowest BCUT2D eigenvalue weighted by atomic mass is 9.69. The molecule has 0 spiro atoms. The summed E-state index contributed by atoms with van der Waals surface area (Å²) in [5.41, 5.74) is -0.511. The Hall–Kier alpha value is -2.36. The van der Waals surface area contributed by atoms with Crippen LogP contribution in [0.25, 0.3) is 0 Å². The van der Waals surface area contributed by atoms with Crippen LogP contribution in [0.5, 0.6) is 0 Å². The summed E-state index contributed by atoms with van der Waals surface area (Å²) >= 11 is 0. The third-order valence-electron chi connectivity index (χ3n) is 3.85. The van der Waals surface area contributed by atoms with Crippen molar-refractivity contribution in [2.45, 2.75) is 32.7 Å². The van der Waals surface area contributed by atoms with Crippen LogP contribution in [0.4, 0.5) is 5.69 Å². The molecule has 1 aliphatic rings. The maximum Gasteiger partial charge on any atom is 0.152 e. The van der Waals surface area contributed by atoms with Crippen molar-refractivity contribution in [3.63, 3.8) is 0 Å². The van der Waals surface area contributed by atoms with Crippen molar-refractivity contribution in [1.29, 1.82) is 0 Å². The molecule has 0 aliphatic heterocycles. The van der Waals surface area contributed by atoms with Gasteiger partial charge in [-0.15, -0.1) is 0 Å². The second kappa shape index (κ2) is 7.07. The van der Waals surface area contributed by atoms with Gasteiger partial charge in [0.25, 0.3) is 0 Å². The first-order chi connectivity index (χ1) is 10.6. The summed E-state index contributed by atoms with van der Waals surface area (Å²) < 4.78 is 0. The highest BCUT2D eigenvalue weighted by atomic mass is 16.2. The Labute approximate surface area is 130 Å². The fraction of sp³-hybridized carbons (Fsp3) is 0.333. The third-order valence-corrected chi connectivity index (χ3v) is 3.85. The molecule has 4 nitrogen and oxygen atoms in total. The largest absolute Gasteiger partial charge is 0.298 e. The Morgan fingerprint density at radius 2 is 1.68 bits per heavy atom. The molecular formula is C18H20N2O2. The number of benzene rings is 1. The number of rotatable bonds is 6. The van der Waals surface area contributed by atoms with Crippen molar-refractivity contribution in [1.82, 2.24) is 0 Å². The van der Waals surface area contributed by atoms with Crippen LogP contribution in [-0.4, -0.2) is 17.6 Å². The van der Waals surface area contributed by atoms with Crippen LogP contribution < -0.4 is 0 Å². The van der Waals surface area contributed by atoms with E-state index in [1.807, 2.05) is 30.3 Å². The minimum Gasteiger partial charge on any atom is -0.298 e. The molecular weight excluding hydrogens is 276 g/mol. The van der Waals surface area contributed by atoms with E-state index in [0.29, 0.717) is 18.5 Å². The van der Waals surface area contributed by atoms with Gasteiger partial charge in [-0.3, -0.25) is 9.59 Å². The highest BCUT2D eigenvalue weighted by molar-refractivity contribution is 6.10. The molecule has 4 heteroatoms. The van der Waals surface area contributed by atoms with E-state index in [-0.39, 0.29) is 11.6 Å². The first kappa shape index (κ1) is 16.0. The van der Waals surface area contributed by atoms with Crippen molar-refractivity contribution >= 4 is 17.3 Å². The number of allylic oxidation sites excluding steroid dienone is 2. The highest BCUT2D eigenvalue weighted by Gasteiger charge is 2.48. The molecule has 0 N–H and O–H groups in total. The molecule has 0 saturated carbocycles. The summed E-state index contributed by atoms with van der Waals surface area (Å²) in [7, 11) is 0. The maximum absolute atomic E-state index is 12.5. The van der Waals surface area contributed by atoms with Gasteiger partial charge in [0.15, 0.2) is 11.6 Å². The van der Waals surface area contributed by atoms with E-state index in [9.17, 15) is 9.59 Å². The van der Waals surface area contributed by atoms with Crippen molar-refractivity contribution in [2.24, 2.45) is 15.6 Å². The number of carbonyl (C=O) groups excluding carboxylic acids is 2. The van der Waals surface area contributed by atoms with Gasteiger partial charge in [0, 0.05) is 12.8 Å². The zero-order chi connectivity index (χ0) is 16.0. The van der Waals surface area contributed by atoms with Crippen LogP contribution >= 0.6 is 0 Å². The normalized spacial score (nSPS) is 19.5. The quantitative estimate of drug-likeness (QED) is 0.583. The van der Waals surface area contributed by atoms with E-state index in [1.165, 1.54) is 0 Å². The number of carbonyl (C=O) groups is 2. The summed E-state index contributed by atoms with van der Waals surface area (Å²) in [5, 5.41) is 8.48. The Morgan fingerprint density at radius 1 is 1.05 bits per heavy atom. The molecule has 1 aromatic carbocycles. The van der Waals surface area contributed by atoms with Crippen LogP contribution in [0.15, 0.2) is 64.9 Å². The number of azo groups is 1. The summed E-state index contributed by atoms with van der Waals surface area (Å²) in [6, 6.07) is 8.71. The SMILES string of the molecule is CCC(=O)C1(C(=O)CC)C=CC=CC1N=Nc1ccccc1. The molecule has 0 heterocycles. The third kappa shape index (κ3) is 2.96. The molecule has 22 heavy (non-hydrogen) atoms. The van der Waals surface area contributed by atoms with Gasteiger partial charge in [-0.2, -0.15) is 10.2 Å². The fourth-order valence-corrected chi connectivity index (χ4v) is 2.64. The second-order valence-electron chi connectivity index (χ2n) is 5.16. The zero-order valence-corrected chi connectivity index (χ0v) is 12.9. The van der Waals surface area contributed by atoms with Crippen LogP contribution in [0, 0.1) is 5.41 Å². The molecule has 0 radical (unpaired) electrons. The van der Waals surface area contributed by atoms with Gasteiger partial charge in [-0.1, -0.05) is 56.4 Å². The van der Waals surface area contributed by atoms with Gasteiger partial charge in [0.05, 0.1) is 5.69 Å². The standard InChI is InChI=1S/C18H20N2O2/c1-3-16(21)18(17(22)4-2)13-9-8-12-15(18)20-19-14-10-6-5-7-11-14/h5-13,15H,3-4H2,1-2H3. The maximum atomic E-state index is 12.5. The lowest BCUT2D eigenvalue weighted by Gasteiger charge is -2.32. The Balaban J connectivity index is 2.40. The lowest BCUT2D eigenvalue weighted by molar-refractivity contribution is -0.138. The predicted molar refractivity (Wildman–Crippen MR) is 86.1 cm³/mol. The Bertz CT molecular complexity index is 614. The van der Waals surface area contributed by atoms with Gasteiger partial charge in [-0.25, -0.2) is 0 Å². The van der Waals surface area contributed by atoms with Crippen LogP contribution in [0.2, 0.25) is 0 Å². The summed E-state index contributed by atoms with van der Waals surface area (Å²) in [6.07, 6.45) is 7.59. The fourth-order valence-electron chi connectivity index (χ4n) is 2.64. The average molecular weight is 296 g/mol. The lowest BCUT2D eigenvalue weighted by Crippen LogP contribution is -2.46. The molecule has 1 atom stereocenters. The van der Waals surface area contributed by atoms with E-state index in [4.69, 9.17) is 0 Å². The van der Waals surface area contributed by atoms with E-state index < -0.39 is 11.5 Å². The summed E-state index contributed by atoms with van der Waals surface area (Å²) in [5.74, 6) is -0.228. The van der Waals surface area contributed by atoms with Crippen LogP contribution in [0.1, 0.15) is 26.7 Å². The number of hydrogen-bond acceptors (Lipinski definition) is 4. The summed E-state index contributed by atoms with van der Waals surface area (Å²) in [4.78, 5) is 25.0. The van der Waals surface area contributed by atoms with E-state index in [0.717, 1.165) is 0 Å². The monoisotopic (exact) mass is 296 g/mol. The molecule has 0 bridgehead atoms. The molecule has 0 amide bonds. The number of ketones is 2. The predicted octanol–water partition coefficient (Wildman–Crippen LogP) is 4.21. The van der Waals surface area contributed by atoms with Gasteiger partial charge >= 0.3 is 0 Å². The first-order valence-corrected chi connectivity index (χ1v) is 7.53. The molecule has 1 aromatic rings. The van der Waals surface area contributed by atoms with Gasteiger partial charge in [-0.05, 0) is 12.1 Å². The Morgan fingerprint density at radius 3 is 2.27 bits per heavy atom. The molecule has 2 rings (SSSR count). The molecule has 1 aliphatic carbocycles. The molecule has 0 aromatic heterocycles. The first-order valence-electron chi connectivity index (χ1n) is 7.53. The van der Waals surface area contributed by atoms with Gasteiger partial charge in [0.2, 0.25) is 0 Å². The minimum absolute atomic E-state index is 0.114. The number of Topliss-reactive ketones (excluding diaryl/α,β-unsaturated/α-hetero) is 2.